The van der Waals surface area contributed by atoms with Gasteiger partial charge in [0.15, 0.2) is 0 Å². The largest absolute Gasteiger partial charge is 0.368 e. The van der Waals surface area contributed by atoms with E-state index in [1.54, 1.807) is 0 Å². The van der Waals surface area contributed by atoms with Gasteiger partial charge in [0, 0.05) is 25.9 Å². The first-order valence-corrected chi connectivity index (χ1v) is 5.20. The van der Waals surface area contributed by atoms with E-state index in [0.29, 0.717) is 0 Å². The van der Waals surface area contributed by atoms with Crippen molar-refractivity contribution >= 4 is 5.82 Å². The molecule has 4 heteroatoms. The highest BCUT2D eigenvalue weighted by molar-refractivity contribution is 5.32. The summed E-state index contributed by atoms with van der Waals surface area (Å²) < 4.78 is 1.82. The van der Waals surface area contributed by atoms with Gasteiger partial charge >= 0.3 is 0 Å². The molecule has 78 valence electrons. The van der Waals surface area contributed by atoms with Crippen molar-refractivity contribution in [2.45, 2.75) is 6.92 Å². The smallest absolute Gasteiger partial charge is 0.147 e. The quantitative estimate of drug-likeness (QED) is 0.744. The Labute approximate surface area is 84.7 Å². The molecule has 4 nitrogen and oxygen atoms in total. The standard InChI is InChI=1S/C10H18N4/c1-8-5-11-6-9(8)7-12-10-3-4-14(2)13-10/h3-4,8-9,11H,5-7H2,1-2H3,(H,12,13)/t8-,9+/m1/s1. The Balaban J connectivity index is 1.82. The van der Waals surface area contributed by atoms with Crippen LogP contribution in [0.2, 0.25) is 0 Å². The van der Waals surface area contributed by atoms with Gasteiger partial charge in [0.05, 0.1) is 0 Å². The zero-order valence-electron chi connectivity index (χ0n) is 8.83. The zero-order valence-corrected chi connectivity index (χ0v) is 8.83. The minimum atomic E-state index is 0.733. The van der Waals surface area contributed by atoms with Crippen LogP contribution in [0.15, 0.2) is 12.3 Å². The normalized spacial score (nSPS) is 26.7. The Bertz CT molecular complexity index is 294. The van der Waals surface area contributed by atoms with E-state index in [1.165, 1.54) is 0 Å². The maximum Gasteiger partial charge on any atom is 0.147 e. The highest BCUT2D eigenvalue weighted by Gasteiger charge is 2.22. The van der Waals surface area contributed by atoms with Crippen molar-refractivity contribution in [2.75, 3.05) is 25.0 Å². The number of nitrogens with one attached hydrogen (secondary N) is 2. The Kier molecular flexibility index (Phi) is 2.72. The third-order valence-electron chi connectivity index (χ3n) is 2.94. The Morgan fingerprint density at radius 3 is 3.07 bits per heavy atom. The predicted molar refractivity (Wildman–Crippen MR) is 57.2 cm³/mol. The van der Waals surface area contributed by atoms with Crippen molar-refractivity contribution in [3.8, 4) is 0 Å². The molecule has 1 aromatic heterocycles. The van der Waals surface area contributed by atoms with Crippen molar-refractivity contribution < 1.29 is 0 Å². The SMILES string of the molecule is C[C@@H]1CNC[C@H]1CNc1ccn(C)n1. The third-order valence-corrected chi connectivity index (χ3v) is 2.94. The van der Waals surface area contributed by atoms with Crippen LogP contribution in [0.25, 0.3) is 0 Å². The van der Waals surface area contributed by atoms with Gasteiger partial charge in [0.2, 0.25) is 0 Å². The Morgan fingerprint density at radius 2 is 2.50 bits per heavy atom. The summed E-state index contributed by atoms with van der Waals surface area (Å²) in [5.74, 6) is 2.48. The first-order chi connectivity index (χ1) is 6.75. The van der Waals surface area contributed by atoms with Crippen molar-refractivity contribution in [1.82, 2.24) is 15.1 Å². The second-order valence-electron chi connectivity index (χ2n) is 4.15. The lowest BCUT2D eigenvalue weighted by Gasteiger charge is -2.14. The molecule has 0 bridgehead atoms. The fraction of sp³-hybridized carbons (Fsp3) is 0.700. The number of anilines is 1. The van der Waals surface area contributed by atoms with Crippen LogP contribution in [0.3, 0.4) is 0 Å². The van der Waals surface area contributed by atoms with Crippen LogP contribution < -0.4 is 10.6 Å². The highest BCUT2D eigenvalue weighted by Crippen LogP contribution is 2.16. The maximum atomic E-state index is 4.28. The molecule has 0 radical (unpaired) electrons. The number of rotatable bonds is 3. The second-order valence-corrected chi connectivity index (χ2v) is 4.15. The molecule has 0 aromatic carbocycles. The molecule has 0 spiro atoms. The minimum absolute atomic E-state index is 0.733. The zero-order chi connectivity index (χ0) is 9.97. The van der Waals surface area contributed by atoms with Crippen LogP contribution in [0, 0.1) is 11.8 Å². The minimum Gasteiger partial charge on any atom is -0.368 e. The van der Waals surface area contributed by atoms with Crippen LogP contribution in [0.1, 0.15) is 6.92 Å². The molecule has 2 atom stereocenters. The summed E-state index contributed by atoms with van der Waals surface area (Å²) in [5.41, 5.74) is 0. The number of aryl methyl sites for hydroxylation is 1. The molecular formula is C10H18N4. The van der Waals surface area contributed by atoms with Gasteiger partial charge in [-0.15, -0.1) is 0 Å². The molecule has 0 unspecified atom stereocenters. The van der Waals surface area contributed by atoms with Crippen molar-refractivity contribution in [1.29, 1.82) is 0 Å². The lowest BCUT2D eigenvalue weighted by molar-refractivity contribution is 0.474. The van der Waals surface area contributed by atoms with E-state index in [4.69, 9.17) is 0 Å². The van der Waals surface area contributed by atoms with Gasteiger partial charge in [-0.3, -0.25) is 4.68 Å². The summed E-state index contributed by atoms with van der Waals surface area (Å²) in [7, 11) is 1.94. The molecule has 0 saturated carbocycles. The van der Waals surface area contributed by atoms with Crippen molar-refractivity contribution in [3.63, 3.8) is 0 Å². The van der Waals surface area contributed by atoms with Crippen molar-refractivity contribution in [3.05, 3.63) is 12.3 Å². The van der Waals surface area contributed by atoms with E-state index in [-0.39, 0.29) is 0 Å². The number of nitrogens with zero attached hydrogens (tertiary/aromatic N) is 2. The molecule has 2 heterocycles. The average Bonchev–Trinajstić information content (AvgIpc) is 2.72. The predicted octanol–water partition coefficient (Wildman–Crippen LogP) is 0.687. The third kappa shape index (κ3) is 2.07. The molecule has 1 aromatic rings. The van der Waals surface area contributed by atoms with Gasteiger partial charge in [-0.25, -0.2) is 0 Å². The summed E-state index contributed by atoms with van der Waals surface area (Å²) in [4.78, 5) is 0. The summed E-state index contributed by atoms with van der Waals surface area (Å²) in [6, 6.07) is 2.01. The van der Waals surface area contributed by atoms with E-state index in [0.717, 1.165) is 37.3 Å². The lowest BCUT2D eigenvalue weighted by atomic mass is 9.98. The summed E-state index contributed by atoms with van der Waals surface area (Å²) in [6.07, 6.45) is 1.96. The molecule has 1 fully saturated rings. The van der Waals surface area contributed by atoms with Crippen LogP contribution in [-0.4, -0.2) is 29.4 Å². The fourth-order valence-corrected chi connectivity index (χ4v) is 1.88. The summed E-state index contributed by atoms with van der Waals surface area (Å²) in [5, 5.41) is 11.0. The lowest BCUT2D eigenvalue weighted by Crippen LogP contribution is -2.20. The van der Waals surface area contributed by atoms with Crippen LogP contribution in [0.4, 0.5) is 5.82 Å². The van der Waals surface area contributed by atoms with Gasteiger partial charge in [0.25, 0.3) is 0 Å². The van der Waals surface area contributed by atoms with E-state index in [1.807, 2.05) is 24.0 Å². The van der Waals surface area contributed by atoms with E-state index in [2.05, 4.69) is 22.7 Å². The van der Waals surface area contributed by atoms with Gasteiger partial charge in [-0.1, -0.05) is 6.92 Å². The number of aromatic nitrogens is 2. The molecule has 1 saturated heterocycles. The van der Waals surface area contributed by atoms with Gasteiger partial charge in [-0.05, 0) is 24.9 Å². The fourth-order valence-electron chi connectivity index (χ4n) is 1.88. The molecule has 0 aliphatic carbocycles. The second kappa shape index (κ2) is 4.00. The molecular weight excluding hydrogens is 176 g/mol. The molecule has 0 amide bonds. The van der Waals surface area contributed by atoms with E-state index < -0.39 is 0 Å². The van der Waals surface area contributed by atoms with Gasteiger partial charge in [0.1, 0.15) is 5.82 Å². The van der Waals surface area contributed by atoms with E-state index in [9.17, 15) is 0 Å². The molecule has 2 rings (SSSR count). The Morgan fingerprint density at radius 1 is 1.64 bits per heavy atom. The average molecular weight is 194 g/mol. The Hall–Kier alpha value is -1.03. The van der Waals surface area contributed by atoms with Gasteiger partial charge < -0.3 is 10.6 Å². The number of hydrogen-bond donors (Lipinski definition) is 2. The van der Waals surface area contributed by atoms with Crippen LogP contribution in [-0.2, 0) is 7.05 Å². The topological polar surface area (TPSA) is 41.9 Å². The molecule has 1 aliphatic rings. The summed E-state index contributed by atoms with van der Waals surface area (Å²) >= 11 is 0. The first-order valence-electron chi connectivity index (χ1n) is 5.20. The first kappa shape index (κ1) is 9.52. The van der Waals surface area contributed by atoms with Crippen LogP contribution >= 0.6 is 0 Å². The van der Waals surface area contributed by atoms with Crippen LogP contribution in [0.5, 0.6) is 0 Å². The molecule has 2 N–H and O–H groups in total. The van der Waals surface area contributed by atoms with Crippen molar-refractivity contribution in [2.24, 2.45) is 18.9 Å². The van der Waals surface area contributed by atoms with Gasteiger partial charge in [-0.2, -0.15) is 5.10 Å². The van der Waals surface area contributed by atoms with E-state index >= 15 is 0 Å². The number of hydrogen-bond acceptors (Lipinski definition) is 3. The molecule has 1 aliphatic heterocycles. The summed E-state index contributed by atoms with van der Waals surface area (Å²) in [6.45, 7) is 5.59. The molecule has 14 heavy (non-hydrogen) atoms. The maximum absolute atomic E-state index is 4.28. The highest BCUT2D eigenvalue weighted by atomic mass is 15.3. The monoisotopic (exact) mass is 194 g/mol.